The van der Waals surface area contributed by atoms with Gasteiger partial charge in [-0.15, -0.1) is 6.58 Å². The van der Waals surface area contributed by atoms with Gasteiger partial charge in [0.25, 0.3) is 0 Å². The SMILES string of the molecule is C=CCN(Cc1cccc(F)c1)S(=O)(=O)c1cccc(C(F)(F)F)c1. The van der Waals surface area contributed by atoms with Gasteiger partial charge in [-0.3, -0.25) is 0 Å². The van der Waals surface area contributed by atoms with E-state index in [-0.39, 0.29) is 13.1 Å². The molecule has 0 spiro atoms. The molecule has 0 amide bonds. The molecule has 0 aliphatic carbocycles. The van der Waals surface area contributed by atoms with Gasteiger partial charge in [0.1, 0.15) is 5.82 Å². The lowest BCUT2D eigenvalue weighted by Crippen LogP contribution is -2.31. The van der Waals surface area contributed by atoms with E-state index in [9.17, 15) is 26.0 Å². The molecule has 0 radical (unpaired) electrons. The van der Waals surface area contributed by atoms with Gasteiger partial charge in [-0.25, -0.2) is 12.8 Å². The molecule has 0 saturated carbocycles. The van der Waals surface area contributed by atoms with Crippen LogP contribution in [0.15, 0.2) is 66.1 Å². The third-order valence-electron chi connectivity index (χ3n) is 3.38. The predicted molar refractivity (Wildman–Crippen MR) is 85.6 cm³/mol. The fourth-order valence-electron chi connectivity index (χ4n) is 2.21. The molecule has 0 aliphatic rings. The lowest BCUT2D eigenvalue weighted by molar-refractivity contribution is -0.137. The van der Waals surface area contributed by atoms with Gasteiger partial charge in [0.2, 0.25) is 10.0 Å². The Morgan fingerprint density at radius 2 is 1.76 bits per heavy atom. The van der Waals surface area contributed by atoms with Crippen LogP contribution in [0.4, 0.5) is 17.6 Å². The van der Waals surface area contributed by atoms with Gasteiger partial charge in [-0.05, 0) is 35.9 Å². The van der Waals surface area contributed by atoms with Crippen molar-refractivity contribution in [2.75, 3.05) is 6.54 Å². The zero-order valence-corrected chi connectivity index (χ0v) is 13.8. The maximum absolute atomic E-state index is 13.3. The number of halogens is 4. The van der Waals surface area contributed by atoms with Crippen LogP contribution in [-0.2, 0) is 22.7 Å². The first kappa shape index (κ1) is 19.1. The van der Waals surface area contributed by atoms with Crippen LogP contribution in [0.2, 0.25) is 0 Å². The van der Waals surface area contributed by atoms with Crippen LogP contribution in [0.3, 0.4) is 0 Å². The van der Waals surface area contributed by atoms with Crippen LogP contribution in [0.5, 0.6) is 0 Å². The normalized spacial score (nSPS) is 12.4. The highest BCUT2D eigenvalue weighted by atomic mass is 32.2. The highest BCUT2D eigenvalue weighted by Crippen LogP contribution is 2.31. The molecule has 0 unspecified atom stereocenters. The van der Waals surface area contributed by atoms with Crippen LogP contribution in [0.25, 0.3) is 0 Å². The molecular weight excluding hydrogens is 358 g/mol. The van der Waals surface area contributed by atoms with E-state index in [2.05, 4.69) is 6.58 Å². The van der Waals surface area contributed by atoms with Gasteiger partial charge in [0.05, 0.1) is 10.5 Å². The van der Waals surface area contributed by atoms with E-state index in [1.54, 1.807) is 0 Å². The summed E-state index contributed by atoms with van der Waals surface area (Å²) in [6.07, 6.45) is -3.35. The van der Waals surface area contributed by atoms with E-state index in [1.165, 1.54) is 24.3 Å². The maximum Gasteiger partial charge on any atom is 0.416 e. The van der Waals surface area contributed by atoms with E-state index < -0.39 is 32.5 Å². The first-order valence-corrected chi connectivity index (χ1v) is 8.61. The second-order valence-electron chi connectivity index (χ2n) is 5.24. The average Bonchev–Trinajstić information content (AvgIpc) is 2.54. The summed E-state index contributed by atoms with van der Waals surface area (Å²) < 4.78 is 78.1. The summed E-state index contributed by atoms with van der Waals surface area (Å²) in [6.45, 7) is 3.14. The summed E-state index contributed by atoms with van der Waals surface area (Å²) in [7, 11) is -4.22. The molecule has 0 heterocycles. The second kappa shape index (κ2) is 7.37. The van der Waals surface area contributed by atoms with E-state index >= 15 is 0 Å². The Hall–Kier alpha value is -2.19. The summed E-state index contributed by atoms with van der Waals surface area (Å²) in [5, 5.41) is 0. The fourth-order valence-corrected chi connectivity index (χ4v) is 3.66. The van der Waals surface area contributed by atoms with E-state index in [4.69, 9.17) is 0 Å². The van der Waals surface area contributed by atoms with Crippen molar-refractivity contribution in [3.63, 3.8) is 0 Å². The molecule has 0 aliphatic heterocycles. The summed E-state index contributed by atoms with van der Waals surface area (Å²) >= 11 is 0. The molecule has 0 atom stereocenters. The van der Waals surface area contributed by atoms with Crippen molar-refractivity contribution in [2.45, 2.75) is 17.6 Å². The van der Waals surface area contributed by atoms with E-state index in [0.29, 0.717) is 11.6 Å². The Balaban J connectivity index is 2.41. The zero-order valence-electron chi connectivity index (χ0n) is 13.0. The molecule has 2 aromatic carbocycles. The first-order chi connectivity index (χ1) is 11.6. The number of rotatable bonds is 6. The van der Waals surface area contributed by atoms with E-state index in [0.717, 1.165) is 28.6 Å². The van der Waals surface area contributed by atoms with Gasteiger partial charge in [-0.1, -0.05) is 24.3 Å². The highest BCUT2D eigenvalue weighted by molar-refractivity contribution is 7.89. The summed E-state index contributed by atoms with van der Waals surface area (Å²) in [6, 6.07) is 8.82. The molecule has 0 bridgehead atoms. The largest absolute Gasteiger partial charge is 0.416 e. The Labute approximate surface area is 143 Å². The topological polar surface area (TPSA) is 37.4 Å². The van der Waals surface area contributed by atoms with E-state index in [1.807, 2.05) is 0 Å². The molecule has 25 heavy (non-hydrogen) atoms. The molecule has 2 aromatic rings. The Bertz CT molecular complexity index is 863. The standard InChI is InChI=1S/C17H15F4NO2S/c1-2-9-22(12-13-5-3-7-15(18)10-13)25(23,24)16-8-4-6-14(11-16)17(19,20)21/h2-8,10-11H,1,9,12H2. The van der Waals surface area contributed by atoms with Crippen LogP contribution >= 0.6 is 0 Å². The van der Waals surface area contributed by atoms with Crippen molar-refractivity contribution in [3.05, 3.63) is 78.1 Å². The molecule has 0 aromatic heterocycles. The quantitative estimate of drug-likeness (QED) is 0.562. The number of hydrogen-bond acceptors (Lipinski definition) is 2. The van der Waals surface area contributed by atoms with Crippen LogP contribution < -0.4 is 0 Å². The summed E-state index contributed by atoms with van der Waals surface area (Å²) in [4.78, 5) is -0.486. The smallest absolute Gasteiger partial charge is 0.207 e. The molecule has 3 nitrogen and oxygen atoms in total. The third-order valence-corrected chi connectivity index (χ3v) is 5.19. The van der Waals surface area contributed by atoms with Gasteiger partial charge < -0.3 is 0 Å². The number of nitrogens with zero attached hydrogens (tertiary/aromatic N) is 1. The zero-order chi connectivity index (χ0) is 18.7. The Morgan fingerprint density at radius 1 is 1.08 bits per heavy atom. The number of hydrogen-bond donors (Lipinski definition) is 0. The van der Waals surface area contributed by atoms with Gasteiger partial charge in [0.15, 0.2) is 0 Å². The van der Waals surface area contributed by atoms with Gasteiger partial charge in [0, 0.05) is 13.1 Å². The molecular formula is C17H15F4NO2S. The van der Waals surface area contributed by atoms with Crippen molar-refractivity contribution in [1.82, 2.24) is 4.31 Å². The molecule has 0 saturated heterocycles. The van der Waals surface area contributed by atoms with Gasteiger partial charge >= 0.3 is 6.18 Å². The lowest BCUT2D eigenvalue weighted by atomic mass is 10.2. The third kappa shape index (κ3) is 4.67. The predicted octanol–water partition coefficient (Wildman–Crippen LogP) is 4.22. The minimum Gasteiger partial charge on any atom is -0.207 e. The fraction of sp³-hybridized carbons (Fsp3) is 0.176. The number of benzene rings is 2. The molecule has 2 rings (SSSR count). The molecule has 0 fully saturated rings. The monoisotopic (exact) mass is 373 g/mol. The summed E-state index contributed by atoms with van der Waals surface area (Å²) in [5.74, 6) is -0.535. The first-order valence-electron chi connectivity index (χ1n) is 7.17. The maximum atomic E-state index is 13.3. The van der Waals surface area contributed by atoms with Crippen molar-refractivity contribution < 1.29 is 26.0 Å². The molecule has 134 valence electrons. The van der Waals surface area contributed by atoms with Crippen LogP contribution in [-0.4, -0.2) is 19.3 Å². The van der Waals surface area contributed by atoms with Gasteiger partial charge in [-0.2, -0.15) is 17.5 Å². The lowest BCUT2D eigenvalue weighted by Gasteiger charge is -2.21. The Kier molecular flexibility index (Phi) is 5.64. The Morgan fingerprint density at radius 3 is 2.36 bits per heavy atom. The summed E-state index contributed by atoms with van der Waals surface area (Å²) in [5.41, 5.74) is -0.685. The van der Waals surface area contributed by atoms with Crippen molar-refractivity contribution >= 4 is 10.0 Å². The highest BCUT2D eigenvalue weighted by Gasteiger charge is 2.32. The number of sulfonamides is 1. The van der Waals surface area contributed by atoms with Crippen molar-refractivity contribution in [1.29, 1.82) is 0 Å². The minimum atomic E-state index is -4.66. The van der Waals surface area contributed by atoms with Crippen LogP contribution in [0.1, 0.15) is 11.1 Å². The van der Waals surface area contributed by atoms with Crippen LogP contribution in [0, 0.1) is 5.82 Å². The molecule has 0 N–H and O–H groups in total. The van der Waals surface area contributed by atoms with Crippen molar-refractivity contribution in [3.8, 4) is 0 Å². The number of alkyl halides is 3. The minimum absolute atomic E-state index is 0.130. The average molecular weight is 373 g/mol. The second-order valence-corrected chi connectivity index (χ2v) is 7.18. The molecule has 8 heteroatoms. The van der Waals surface area contributed by atoms with Crippen molar-refractivity contribution in [2.24, 2.45) is 0 Å².